The van der Waals surface area contributed by atoms with Crippen LogP contribution >= 0.6 is 0 Å². The van der Waals surface area contributed by atoms with Gasteiger partial charge in [0.15, 0.2) is 5.82 Å². The van der Waals surface area contributed by atoms with Crippen LogP contribution in [0.5, 0.6) is 5.88 Å². The number of rotatable bonds is 5. The minimum atomic E-state index is -0.709. The van der Waals surface area contributed by atoms with Crippen LogP contribution in [0.2, 0.25) is 0 Å². The molecule has 1 aliphatic heterocycles. The van der Waals surface area contributed by atoms with Crippen LogP contribution in [0, 0.1) is 23.4 Å². The van der Waals surface area contributed by atoms with Gasteiger partial charge < -0.3 is 9.64 Å². The monoisotopic (exact) mass is 351 g/mol. The molecular weight excluding hydrogens is 331 g/mol. The van der Waals surface area contributed by atoms with Crippen molar-refractivity contribution in [2.75, 3.05) is 24.6 Å². The van der Waals surface area contributed by atoms with Crippen molar-refractivity contribution in [3.63, 3.8) is 0 Å². The topological polar surface area (TPSA) is 38.2 Å². The summed E-state index contributed by atoms with van der Waals surface area (Å²) < 4.78 is 47.9. The van der Waals surface area contributed by atoms with E-state index in [1.165, 1.54) is 12.1 Å². The highest BCUT2D eigenvalue weighted by atomic mass is 19.1. The predicted molar refractivity (Wildman–Crippen MR) is 89.1 cm³/mol. The molecule has 1 fully saturated rings. The molecule has 0 unspecified atom stereocenters. The van der Waals surface area contributed by atoms with Gasteiger partial charge in [0.2, 0.25) is 5.82 Å². The number of hydrogen-bond donors (Lipinski definition) is 0. The molecule has 0 radical (unpaired) electrons. The maximum atomic E-state index is 14.4. The van der Waals surface area contributed by atoms with Crippen LogP contribution in [-0.2, 0) is 0 Å². The number of benzene rings is 1. The van der Waals surface area contributed by atoms with Gasteiger partial charge in [-0.25, -0.2) is 13.8 Å². The van der Waals surface area contributed by atoms with E-state index in [0.717, 1.165) is 19.0 Å². The molecule has 0 atom stereocenters. The van der Waals surface area contributed by atoms with Gasteiger partial charge in [0.25, 0.3) is 5.88 Å². The van der Waals surface area contributed by atoms with Gasteiger partial charge in [-0.05, 0) is 30.9 Å². The zero-order chi connectivity index (χ0) is 18.0. The molecule has 2 aromatic rings. The molecule has 7 heteroatoms. The molecule has 0 N–H and O–H groups in total. The van der Waals surface area contributed by atoms with E-state index in [4.69, 9.17) is 4.74 Å². The Labute approximate surface area is 144 Å². The molecule has 0 saturated carbocycles. The minimum Gasteiger partial charge on any atom is -0.475 e. The zero-order valence-corrected chi connectivity index (χ0v) is 14.2. The highest BCUT2D eigenvalue weighted by molar-refractivity contribution is 5.62. The van der Waals surface area contributed by atoms with Crippen LogP contribution in [0.25, 0.3) is 11.4 Å². The lowest BCUT2D eigenvalue weighted by Crippen LogP contribution is -2.20. The van der Waals surface area contributed by atoms with E-state index < -0.39 is 17.5 Å². The molecule has 4 nitrogen and oxygen atoms in total. The van der Waals surface area contributed by atoms with E-state index in [9.17, 15) is 13.2 Å². The van der Waals surface area contributed by atoms with Gasteiger partial charge in [0, 0.05) is 18.7 Å². The third-order valence-corrected chi connectivity index (χ3v) is 3.96. The van der Waals surface area contributed by atoms with Crippen LogP contribution in [0.15, 0.2) is 18.3 Å². The summed E-state index contributed by atoms with van der Waals surface area (Å²) in [5.74, 6) is -2.07. The molecule has 1 aromatic heterocycles. The standard InChI is InChI=1S/C18H20F3N3O/c1-11(2)10-25-18-15(21)9-22-17(23-18)12-7-13(19)16(14(20)8-12)24-5-3-4-6-24/h7-9,11H,3-6,10H2,1-2H3. The summed E-state index contributed by atoms with van der Waals surface area (Å²) in [6, 6.07) is 2.35. The van der Waals surface area contributed by atoms with Gasteiger partial charge in [0.1, 0.15) is 17.3 Å². The molecular formula is C18H20F3N3O. The number of anilines is 1. The molecule has 0 bridgehead atoms. The maximum Gasteiger partial charge on any atom is 0.254 e. The fourth-order valence-electron chi connectivity index (χ4n) is 2.77. The second kappa shape index (κ2) is 7.29. The van der Waals surface area contributed by atoms with Crippen molar-refractivity contribution in [2.24, 2.45) is 5.92 Å². The Morgan fingerprint density at radius 3 is 2.32 bits per heavy atom. The van der Waals surface area contributed by atoms with Gasteiger partial charge in [-0.15, -0.1) is 0 Å². The lowest BCUT2D eigenvalue weighted by Gasteiger charge is -2.19. The summed E-state index contributed by atoms with van der Waals surface area (Å²) >= 11 is 0. The van der Waals surface area contributed by atoms with Crippen LogP contribution in [0.3, 0.4) is 0 Å². The van der Waals surface area contributed by atoms with Crippen molar-refractivity contribution in [3.05, 3.63) is 35.8 Å². The Hall–Kier alpha value is -2.31. The molecule has 1 aromatic carbocycles. The van der Waals surface area contributed by atoms with Crippen molar-refractivity contribution >= 4 is 5.69 Å². The second-order valence-corrected chi connectivity index (χ2v) is 6.53. The maximum absolute atomic E-state index is 14.4. The lowest BCUT2D eigenvalue weighted by molar-refractivity contribution is 0.248. The third-order valence-electron chi connectivity index (χ3n) is 3.96. The summed E-state index contributed by atoms with van der Waals surface area (Å²) in [5.41, 5.74) is 0.118. The highest BCUT2D eigenvalue weighted by Gasteiger charge is 2.22. The Balaban J connectivity index is 1.92. The van der Waals surface area contributed by atoms with Crippen molar-refractivity contribution < 1.29 is 17.9 Å². The molecule has 1 saturated heterocycles. The fraction of sp³-hybridized carbons (Fsp3) is 0.444. The second-order valence-electron chi connectivity index (χ2n) is 6.53. The smallest absolute Gasteiger partial charge is 0.254 e. The summed E-state index contributed by atoms with van der Waals surface area (Å²) in [5, 5.41) is 0. The molecule has 134 valence electrons. The van der Waals surface area contributed by atoms with E-state index in [2.05, 4.69) is 9.97 Å². The number of hydrogen-bond acceptors (Lipinski definition) is 4. The summed E-state index contributed by atoms with van der Waals surface area (Å²) in [6.45, 7) is 5.38. The Kier molecular flexibility index (Phi) is 5.11. The van der Waals surface area contributed by atoms with Crippen LogP contribution < -0.4 is 9.64 Å². The van der Waals surface area contributed by atoms with Crippen molar-refractivity contribution in [2.45, 2.75) is 26.7 Å². The molecule has 2 heterocycles. The van der Waals surface area contributed by atoms with E-state index in [0.29, 0.717) is 13.1 Å². The SMILES string of the molecule is CC(C)COc1nc(-c2cc(F)c(N3CCCC3)c(F)c2)ncc1F. The number of aromatic nitrogens is 2. The van der Waals surface area contributed by atoms with E-state index >= 15 is 0 Å². The third kappa shape index (κ3) is 3.86. The van der Waals surface area contributed by atoms with Crippen molar-refractivity contribution in [1.29, 1.82) is 0 Å². The fourth-order valence-corrected chi connectivity index (χ4v) is 2.77. The predicted octanol–water partition coefficient (Wildman–Crippen LogP) is 4.20. The van der Waals surface area contributed by atoms with Crippen LogP contribution in [0.1, 0.15) is 26.7 Å². The van der Waals surface area contributed by atoms with E-state index in [1.807, 2.05) is 13.8 Å². The first-order valence-electron chi connectivity index (χ1n) is 8.35. The Morgan fingerprint density at radius 1 is 1.08 bits per heavy atom. The van der Waals surface area contributed by atoms with Gasteiger partial charge >= 0.3 is 0 Å². The number of ether oxygens (including phenoxy) is 1. The largest absolute Gasteiger partial charge is 0.475 e. The minimum absolute atomic E-state index is 0.0194. The van der Waals surface area contributed by atoms with Crippen molar-refractivity contribution in [3.8, 4) is 17.3 Å². The molecule has 3 rings (SSSR count). The van der Waals surface area contributed by atoms with Crippen LogP contribution in [-0.4, -0.2) is 29.7 Å². The molecule has 0 amide bonds. The Morgan fingerprint density at radius 2 is 1.72 bits per heavy atom. The lowest BCUT2D eigenvalue weighted by atomic mass is 10.1. The molecule has 0 spiro atoms. The first kappa shape index (κ1) is 17.5. The summed E-state index contributed by atoms with van der Waals surface area (Å²) in [7, 11) is 0. The first-order chi connectivity index (χ1) is 12.0. The van der Waals surface area contributed by atoms with Gasteiger partial charge in [-0.2, -0.15) is 9.37 Å². The van der Waals surface area contributed by atoms with Crippen molar-refractivity contribution in [1.82, 2.24) is 9.97 Å². The molecule has 25 heavy (non-hydrogen) atoms. The average Bonchev–Trinajstić information content (AvgIpc) is 3.07. The van der Waals surface area contributed by atoms with E-state index in [-0.39, 0.29) is 35.5 Å². The van der Waals surface area contributed by atoms with E-state index in [1.54, 1.807) is 4.90 Å². The van der Waals surface area contributed by atoms with Gasteiger partial charge in [-0.3, -0.25) is 0 Å². The number of nitrogens with zero attached hydrogens (tertiary/aromatic N) is 3. The van der Waals surface area contributed by atoms with Gasteiger partial charge in [-0.1, -0.05) is 13.8 Å². The quantitative estimate of drug-likeness (QED) is 0.809. The summed E-state index contributed by atoms with van der Waals surface area (Å²) in [4.78, 5) is 9.49. The highest BCUT2D eigenvalue weighted by Crippen LogP contribution is 2.31. The normalized spacial score (nSPS) is 14.4. The zero-order valence-electron chi connectivity index (χ0n) is 14.2. The molecule has 0 aliphatic carbocycles. The number of halogens is 3. The summed E-state index contributed by atoms with van der Waals surface area (Å²) in [6.07, 6.45) is 2.78. The Bertz CT molecular complexity index is 738. The average molecular weight is 351 g/mol. The molecule has 1 aliphatic rings. The van der Waals surface area contributed by atoms with Gasteiger partial charge in [0.05, 0.1) is 12.8 Å². The first-order valence-corrected chi connectivity index (χ1v) is 8.35. The van der Waals surface area contributed by atoms with Crippen LogP contribution in [0.4, 0.5) is 18.9 Å².